The molecule has 0 radical (unpaired) electrons. The van der Waals surface area contributed by atoms with Crippen LogP contribution in [0.25, 0.3) is 11.1 Å². The van der Waals surface area contributed by atoms with E-state index in [1.54, 1.807) is 11.2 Å². The van der Waals surface area contributed by atoms with Gasteiger partial charge in [-0.05, 0) is 19.8 Å². The van der Waals surface area contributed by atoms with Gasteiger partial charge >= 0.3 is 0 Å². The van der Waals surface area contributed by atoms with E-state index in [2.05, 4.69) is 10.2 Å². The Morgan fingerprint density at radius 2 is 1.85 bits per heavy atom. The summed E-state index contributed by atoms with van der Waals surface area (Å²) in [5.74, 6) is -0.143. The van der Waals surface area contributed by atoms with Gasteiger partial charge in [-0.2, -0.15) is 0 Å². The standard InChI is InChI=1S/C25H36N4O4/c1-25(24(31)26-19-7-5-3-2-4-6-8-19)18-28-20-9-14-33-22(20)17-21(28)23(30)29(25)11-10-27-12-15-32-16-13-27/h9,14,17,19H,2-8,10-13,15-16,18H2,1H3,(H,26,31). The molecule has 2 aromatic rings. The van der Waals surface area contributed by atoms with Gasteiger partial charge in [0.25, 0.3) is 5.91 Å². The number of hydrogen-bond donors (Lipinski definition) is 1. The normalized spacial score (nSPS) is 25.6. The van der Waals surface area contributed by atoms with Crippen LogP contribution in [0.3, 0.4) is 0 Å². The molecule has 2 fully saturated rings. The molecule has 8 nitrogen and oxygen atoms in total. The molecule has 5 rings (SSSR count). The lowest BCUT2D eigenvalue weighted by Gasteiger charge is -2.45. The Morgan fingerprint density at radius 3 is 2.61 bits per heavy atom. The minimum Gasteiger partial charge on any atom is -0.463 e. The molecule has 1 saturated heterocycles. The molecular weight excluding hydrogens is 420 g/mol. The van der Waals surface area contributed by atoms with Gasteiger partial charge in [-0.25, -0.2) is 0 Å². The Balaban J connectivity index is 1.40. The summed E-state index contributed by atoms with van der Waals surface area (Å²) in [4.78, 5) is 31.6. The monoisotopic (exact) mass is 456 g/mol. The fourth-order valence-corrected chi connectivity index (χ4v) is 5.63. The molecule has 33 heavy (non-hydrogen) atoms. The third-order valence-electron chi connectivity index (χ3n) is 7.72. The largest absolute Gasteiger partial charge is 0.463 e. The van der Waals surface area contributed by atoms with Crippen LogP contribution in [-0.4, -0.2) is 77.2 Å². The van der Waals surface area contributed by atoms with Crippen molar-refractivity contribution in [2.24, 2.45) is 0 Å². The number of carbonyl (C=O) groups excluding carboxylic acids is 2. The van der Waals surface area contributed by atoms with Crippen molar-refractivity contribution >= 4 is 22.9 Å². The van der Waals surface area contributed by atoms with E-state index in [9.17, 15) is 9.59 Å². The maximum atomic E-state index is 13.8. The molecule has 1 unspecified atom stereocenters. The molecule has 1 aliphatic carbocycles. The first-order valence-electron chi connectivity index (χ1n) is 12.6. The lowest BCUT2D eigenvalue weighted by Crippen LogP contribution is -2.65. The minimum absolute atomic E-state index is 0.0422. The summed E-state index contributed by atoms with van der Waals surface area (Å²) in [6, 6.07) is 3.87. The van der Waals surface area contributed by atoms with Gasteiger partial charge < -0.3 is 23.9 Å². The van der Waals surface area contributed by atoms with Crippen LogP contribution < -0.4 is 5.32 Å². The van der Waals surface area contributed by atoms with E-state index < -0.39 is 5.54 Å². The van der Waals surface area contributed by atoms with E-state index in [1.165, 1.54) is 19.3 Å². The highest BCUT2D eigenvalue weighted by Crippen LogP contribution is 2.33. The molecule has 4 heterocycles. The molecule has 180 valence electrons. The molecule has 0 bridgehead atoms. The van der Waals surface area contributed by atoms with Crippen molar-refractivity contribution in [3.8, 4) is 0 Å². The number of hydrogen-bond acceptors (Lipinski definition) is 5. The maximum absolute atomic E-state index is 13.8. The second kappa shape index (κ2) is 9.50. The first-order chi connectivity index (χ1) is 16.1. The van der Waals surface area contributed by atoms with E-state index in [0.717, 1.165) is 50.8 Å². The average molecular weight is 457 g/mol. The number of aromatic nitrogens is 1. The van der Waals surface area contributed by atoms with Gasteiger partial charge in [0.1, 0.15) is 11.2 Å². The van der Waals surface area contributed by atoms with Gasteiger partial charge in [0.05, 0.1) is 31.5 Å². The quantitative estimate of drug-likeness (QED) is 0.748. The molecule has 2 amide bonds. The van der Waals surface area contributed by atoms with Crippen LogP contribution >= 0.6 is 0 Å². The SMILES string of the molecule is CC1(C(=O)NC2CCCCCCC2)Cn2c(cc3occc32)C(=O)N1CCN1CCOCC1. The van der Waals surface area contributed by atoms with Crippen molar-refractivity contribution in [1.29, 1.82) is 0 Å². The number of carbonyl (C=O) groups is 2. The number of amides is 2. The molecule has 8 heteroatoms. The van der Waals surface area contributed by atoms with Gasteiger partial charge in [0, 0.05) is 44.4 Å². The summed E-state index contributed by atoms with van der Waals surface area (Å²) < 4.78 is 13.0. The summed E-state index contributed by atoms with van der Waals surface area (Å²) in [6.07, 6.45) is 9.74. The smallest absolute Gasteiger partial charge is 0.271 e. The molecule has 3 aliphatic rings. The zero-order chi connectivity index (χ0) is 22.8. The predicted octanol–water partition coefficient (Wildman–Crippen LogP) is 3.01. The van der Waals surface area contributed by atoms with Crippen LogP contribution in [0.1, 0.15) is 62.4 Å². The lowest BCUT2D eigenvalue weighted by atomic mass is 9.92. The van der Waals surface area contributed by atoms with Crippen molar-refractivity contribution in [1.82, 2.24) is 19.7 Å². The summed E-state index contributed by atoms with van der Waals surface area (Å²) in [7, 11) is 0. The molecule has 2 aromatic heterocycles. The number of ether oxygens (including phenoxy) is 1. The Morgan fingerprint density at radius 1 is 1.12 bits per heavy atom. The van der Waals surface area contributed by atoms with Gasteiger partial charge in [0.15, 0.2) is 5.58 Å². The van der Waals surface area contributed by atoms with Crippen molar-refractivity contribution < 1.29 is 18.7 Å². The number of fused-ring (bicyclic) bond motifs is 3. The molecule has 0 aromatic carbocycles. The topological polar surface area (TPSA) is 80.0 Å². The van der Waals surface area contributed by atoms with E-state index in [1.807, 2.05) is 23.6 Å². The predicted molar refractivity (Wildman–Crippen MR) is 125 cm³/mol. The van der Waals surface area contributed by atoms with E-state index in [-0.39, 0.29) is 17.9 Å². The highest BCUT2D eigenvalue weighted by Gasteiger charge is 2.48. The average Bonchev–Trinajstić information content (AvgIpc) is 3.38. The summed E-state index contributed by atoms with van der Waals surface area (Å²) in [5.41, 5.74) is 1.21. The van der Waals surface area contributed by atoms with Gasteiger partial charge in [-0.15, -0.1) is 0 Å². The Hall–Kier alpha value is -2.32. The first-order valence-corrected chi connectivity index (χ1v) is 12.6. The van der Waals surface area contributed by atoms with Gasteiger partial charge in [0.2, 0.25) is 5.91 Å². The number of furan rings is 1. The number of morpholine rings is 1. The van der Waals surface area contributed by atoms with Crippen LogP contribution in [0.15, 0.2) is 22.8 Å². The third-order valence-corrected chi connectivity index (χ3v) is 7.72. The summed E-state index contributed by atoms with van der Waals surface area (Å²) in [6.45, 7) is 6.75. The number of nitrogens with zero attached hydrogens (tertiary/aromatic N) is 3. The van der Waals surface area contributed by atoms with Crippen LogP contribution in [0.4, 0.5) is 0 Å². The second-order valence-electron chi connectivity index (χ2n) is 9.99. The van der Waals surface area contributed by atoms with Gasteiger partial charge in [-0.3, -0.25) is 14.5 Å². The Labute approximate surface area is 195 Å². The Bertz CT molecular complexity index is 984. The van der Waals surface area contributed by atoms with Crippen molar-refractivity contribution in [2.75, 3.05) is 39.4 Å². The first kappa shape index (κ1) is 22.5. The second-order valence-corrected chi connectivity index (χ2v) is 9.99. The van der Waals surface area contributed by atoms with E-state index in [0.29, 0.717) is 37.6 Å². The molecular formula is C25H36N4O4. The minimum atomic E-state index is -0.956. The molecule has 0 spiro atoms. The zero-order valence-corrected chi connectivity index (χ0v) is 19.7. The fraction of sp³-hybridized carbons (Fsp3) is 0.680. The molecule has 1 atom stereocenters. The number of nitrogens with one attached hydrogen (secondary N) is 1. The van der Waals surface area contributed by atoms with Crippen molar-refractivity contribution in [2.45, 2.75) is 70.0 Å². The highest BCUT2D eigenvalue weighted by molar-refractivity contribution is 6.02. The van der Waals surface area contributed by atoms with E-state index >= 15 is 0 Å². The van der Waals surface area contributed by atoms with Crippen LogP contribution in [0.5, 0.6) is 0 Å². The Kier molecular flexibility index (Phi) is 6.47. The summed E-state index contributed by atoms with van der Waals surface area (Å²) >= 11 is 0. The van der Waals surface area contributed by atoms with Crippen LogP contribution in [-0.2, 0) is 16.1 Å². The van der Waals surface area contributed by atoms with E-state index in [4.69, 9.17) is 9.15 Å². The molecule has 2 aliphatic heterocycles. The zero-order valence-electron chi connectivity index (χ0n) is 19.7. The third kappa shape index (κ3) is 4.43. The summed E-state index contributed by atoms with van der Waals surface area (Å²) in [5, 5.41) is 3.35. The van der Waals surface area contributed by atoms with Crippen molar-refractivity contribution in [3.63, 3.8) is 0 Å². The van der Waals surface area contributed by atoms with Crippen LogP contribution in [0, 0.1) is 0 Å². The number of rotatable bonds is 5. The highest BCUT2D eigenvalue weighted by atomic mass is 16.5. The maximum Gasteiger partial charge on any atom is 0.271 e. The van der Waals surface area contributed by atoms with Gasteiger partial charge in [-0.1, -0.05) is 32.1 Å². The molecule has 1 saturated carbocycles. The molecule has 1 N–H and O–H groups in total. The van der Waals surface area contributed by atoms with Crippen LogP contribution in [0.2, 0.25) is 0 Å². The fourth-order valence-electron chi connectivity index (χ4n) is 5.63. The van der Waals surface area contributed by atoms with Crippen molar-refractivity contribution in [3.05, 3.63) is 24.1 Å². The lowest BCUT2D eigenvalue weighted by molar-refractivity contribution is -0.134.